The van der Waals surface area contributed by atoms with E-state index in [0.29, 0.717) is 0 Å². The molecule has 0 aromatic carbocycles. The molecule has 0 aromatic rings. The SMILES string of the molecule is CCCCCN(C(=O)CNC(=O)[C@@H](N)C(C)C)C(C)C. The van der Waals surface area contributed by atoms with Crippen LogP contribution in [0.5, 0.6) is 0 Å². The highest BCUT2D eigenvalue weighted by molar-refractivity contribution is 5.87. The van der Waals surface area contributed by atoms with Crippen molar-refractivity contribution in [1.82, 2.24) is 10.2 Å². The van der Waals surface area contributed by atoms with Crippen LogP contribution in [0.25, 0.3) is 0 Å². The van der Waals surface area contributed by atoms with Crippen molar-refractivity contribution in [3.63, 3.8) is 0 Å². The molecular weight excluding hydrogens is 254 g/mol. The number of nitrogens with one attached hydrogen (secondary N) is 1. The van der Waals surface area contributed by atoms with Gasteiger partial charge in [-0.25, -0.2) is 0 Å². The molecule has 0 spiro atoms. The number of rotatable bonds is 9. The van der Waals surface area contributed by atoms with Crippen LogP contribution in [0.2, 0.25) is 0 Å². The first-order chi connectivity index (χ1) is 9.31. The van der Waals surface area contributed by atoms with E-state index in [-0.39, 0.29) is 30.3 Å². The van der Waals surface area contributed by atoms with E-state index in [9.17, 15) is 9.59 Å². The highest BCUT2D eigenvalue weighted by Crippen LogP contribution is 2.04. The average Bonchev–Trinajstić information content (AvgIpc) is 2.39. The quantitative estimate of drug-likeness (QED) is 0.631. The van der Waals surface area contributed by atoms with Crippen molar-refractivity contribution in [2.24, 2.45) is 11.7 Å². The van der Waals surface area contributed by atoms with Gasteiger partial charge in [-0.1, -0.05) is 33.6 Å². The van der Waals surface area contributed by atoms with Gasteiger partial charge in [0.2, 0.25) is 11.8 Å². The summed E-state index contributed by atoms with van der Waals surface area (Å²) in [7, 11) is 0. The Labute approximate surface area is 123 Å². The lowest BCUT2D eigenvalue weighted by Gasteiger charge is -2.27. The van der Waals surface area contributed by atoms with Gasteiger partial charge in [0, 0.05) is 12.6 Å². The number of nitrogens with zero attached hydrogens (tertiary/aromatic N) is 1. The third-order valence-electron chi connectivity index (χ3n) is 3.38. The molecule has 0 aliphatic rings. The second kappa shape index (κ2) is 9.75. The standard InChI is InChI=1S/C15H31N3O2/c1-6-7-8-9-18(12(4)5)13(19)10-17-15(20)14(16)11(2)3/h11-12,14H,6-10,16H2,1-5H3,(H,17,20)/t14-/m0/s1. The fourth-order valence-corrected chi connectivity index (χ4v) is 1.89. The zero-order valence-electron chi connectivity index (χ0n) is 13.6. The molecule has 0 aliphatic carbocycles. The minimum Gasteiger partial charge on any atom is -0.346 e. The van der Waals surface area contributed by atoms with Crippen LogP contribution in [0.15, 0.2) is 0 Å². The number of carbonyl (C=O) groups excluding carboxylic acids is 2. The van der Waals surface area contributed by atoms with Gasteiger partial charge in [0.15, 0.2) is 0 Å². The third kappa shape index (κ3) is 6.89. The monoisotopic (exact) mass is 285 g/mol. The first kappa shape index (κ1) is 18.9. The van der Waals surface area contributed by atoms with Gasteiger partial charge in [-0.15, -0.1) is 0 Å². The van der Waals surface area contributed by atoms with Gasteiger partial charge in [-0.3, -0.25) is 9.59 Å². The number of amides is 2. The Hall–Kier alpha value is -1.10. The van der Waals surface area contributed by atoms with Crippen LogP contribution < -0.4 is 11.1 Å². The van der Waals surface area contributed by atoms with Crippen molar-refractivity contribution in [2.75, 3.05) is 13.1 Å². The molecule has 3 N–H and O–H groups in total. The molecule has 0 saturated carbocycles. The van der Waals surface area contributed by atoms with E-state index >= 15 is 0 Å². The molecule has 5 nitrogen and oxygen atoms in total. The Morgan fingerprint density at radius 1 is 1.15 bits per heavy atom. The van der Waals surface area contributed by atoms with E-state index in [1.165, 1.54) is 0 Å². The zero-order chi connectivity index (χ0) is 15.7. The lowest BCUT2D eigenvalue weighted by molar-refractivity contribution is -0.134. The van der Waals surface area contributed by atoms with Gasteiger partial charge < -0.3 is 16.0 Å². The maximum Gasteiger partial charge on any atom is 0.242 e. The molecule has 118 valence electrons. The van der Waals surface area contributed by atoms with Crippen molar-refractivity contribution in [2.45, 2.75) is 66.0 Å². The zero-order valence-corrected chi connectivity index (χ0v) is 13.6. The Morgan fingerprint density at radius 3 is 2.20 bits per heavy atom. The first-order valence-corrected chi connectivity index (χ1v) is 7.64. The number of hydrogen-bond acceptors (Lipinski definition) is 3. The molecule has 1 atom stereocenters. The van der Waals surface area contributed by atoms with Crippen LogP contribution in [0.3, 0.4) is 0 Å². The molecule has 0 aromatic heterocycles. The van der Waals surface area contributed by atoms with E-state index in [2.05, 4.69) is 12.2 Å². The molecule has 0 unspecified atom stereocenters. The smallest absolute Gasteiger partial charge is 0.242 e. The summed E-state index contributed by atoms with van der Waals surface area (Å²) in [6.45, 7) is 10.7. The predicted molar refractivity (Wildman–Crippen MR) is 82.2 cm³/mol. The van der Waals surface area contributed by atoms with E-state index < -0.39 is 6.04 Å². The van der Waals surface area contributed by atoms with Crippen LogP contribution in [-0.2, 0) is 9.59 Å². The Morgan fingerprint density at radius 2 is 1.75 bits per heavy atom. The number of unbranched alkanes of at least 4 members (excludes halogenated alkanes) is 2. The van der Waals surface area contributed by atoms with Gasteiger partial charge in [0.05, 0.1) is 12.6 Å². The van der Waals surface area contributed by atoms with Crippen molar-refractivity contribution in [3.05, 3.63) is 0 Å². The predicted octanol–water partition coefficient (Wildman–Crippen LogP) is 1.51. The molecule has 0 aliphatic heterocycles. The molecule has 0 heterocycles. The molecular formula is C15H31N3O2. The summed E-state index contributed by atoms with van der Waals surface area (Å²) in [6.07, 6.45) is 3.24. The van der Waals surface area contributed by atoms with Crippen LogP contribution in [0, 0.1) is 5.92 Å². The van der Waals surface area contributed by atoms with Gasteiger partial charge >= 0.3 is 0 Å². The highest BCUT2D eigenvalue weighted by atomic mass is 16.2. The summed E-state index contributed by atoms with van der Waals surface area (Å²) in [4.78, 5) is 25.7. The Bertz CT molecular complexity index is 303. The minimum absolute atomic E-state index is 0.0313. The largest absolute Gasteiger partial charge is 0.346 e. The normalized spacial score (nSPS) is 12.6. The van der Waals surface area contributed by atoms with Crippen molar-refractivity contribution < 1.29 is 9.59 Å². The van der Waals surface area contributed by atoms with E-state index in [0.717, 1.165) is 25.8 Å². The van der Waals surface area contributed by atoms with Gasteiger partial charge in [-0.2, -0.15) is 0 Å². The molecule has 0 bridgehead atoms. The van der Waals surface area contributed by atoms with Gasteiger partial charge in [-0.05, 0) is 26.2 Å². The molecule has 0 fully saturated rings. The second-order valence-electron chi connectivity index (χ2n) is 5.88. The Kier molecular flexibility index (Phi) is 9.21. The highest BCUT2D eigenvalue weighted by Gasteiger charge is 2.20. The molecule has 20 heavy (non-hydrogen) atoms. The molecule has 0 radical (unpaired) electrons. The van der Waals surface area contributed by atoms with Gasteiger partial charge in [0.1, 0.15) is 0 Å². The van der Waals surface area contributed by atoms with Gasteiger partial charge in [0.25, 0.3) is 0 Å². The summed E-state index contributed by atoms with van der Waals surface area (Å²) in [6, 6.07) is -0.412. The summed E-state index contributed by atoms with van der Waals surface area (Å²) in [5.41, 5.74) is 5.74. The first-order valence-electron chi connectivity index (χ1n) is 7.64. The summed E-state index contributed by atoms with van der Waals surface area (Å²) in [5, 5.41) is 2.63. The lowest BCUT2D eigenvalue weighted by Crippen LogP contribution is -2.49. The summed E-state index contributed by atoms with van der Waals surface area (Å²) in [5.74, 6) is -0.234. The molecule has 0 saturated heterocycles. The summed E-state index contributed by atoms with van der Waals surface area (Å²) < 4.78 is 0. The molecule has 5 heteroatoms. The number of nitrogens with two attached hydrogens (primary N) is 1. The van der Waals surface area contributed by atoms with E-state index in [4.69, 9.17) is 5.73 Å². The van der Waals surface area contributed by atoms with E-state index in [1.54, 1.807) is 0 Å². The molecule has 2 amide bonds. The van der Waals surface area contributed by atoms with E-state index in [1.807, 2.05) is 32.6 Å². The van der Waals surface area contributed by atoms with Crippen molar-refractivity contribution in [1.29, 1.82) is 0 Å². The lowest BCUT2D eigenvalue weighted by atomic mass is 10.1. The average molecular weight is 285 g/mol. The van der Waals surface area contributed by atoms with Crippen LogP contribution in [-0.4, -0.2) is 41.9 Å². The third-order valence-corrected chi connectivity index (χ3v) is 3.38. The van der Waals surface area contributed by atoms with Crippen LogP contribution >= 0.6 is 0 Å². The molecule has 0 rings (SSSR count). The minimum atomic E-state index is -0.560. The van der Waals surface area contributed by atoms with Crippen LogP contribution in [0.4, 0.5) is 0 Å². The maximum atomic E-state index is 12.1. The Balaban J connectivity index is 4.29. The fraction of sp³-hybridized carbons (Fsp3) is 0.867. The van der Waals surface area contributed by atoms with Crippen LogP contribution in [0.1, 0.15) is 53.9 Å². The topological polar surface area (TPSA) is 75.4 Å². The van der Waals surface area contributed by atoms with Crippen molar-refractivity contribution >= 4 is 11.8 Å². The number of carbonyl (C=O) groups is 2. The summed E-state index contributed by atoms with van der Waals surface area (Å²) >= 11 is 0. The number of hydrogen-bond donors (Lipinski definition) is 2. The van der Waals surface area contributed by atoms with Crippen molar-refractivity contribution in [3.8, 4) is 0 Å². The second-order valence-corrected chi connectivity index (χ2v) is 5.88. The maximum absolute atomic E-state index is 12.1. The fourth-order valence-electron chi connectivity index (χ4n) is 1.89.